The third kappa shape index (κ3) is 10.2. The molecule has 0 heterocycles. The number of unbranched alkanes of at least 4 members (excludes halogenated alkanes) is 4. The maximum atomic E-state index is 11.7. The van der Waals surface area contributed by atoms with Gasteiger partial charge in [0.05, 0.1) is 13.2 Å². The highest BCUT2D eigenvalue weighted by Gasteiger charge is 2.05. The van der Waals surface area contributed by atoms with Crippen LogP contribution in [0.25, 0.3) is 0 Å². The van der Waals surface area contributed by atoms with Gasteiger partial charge < -0.3 is 9.47 Å². The second-order valence-corrected chi connectivity index (χ2v) is 5.67. The van der Waals surface area contributed by atoms with Crippen molar-refractivity contribution >= 4 is 23.6 Å². The molecule has 6 heteroatoms. The smallest absolute Gasteiger partial charge is 0.411 e. The average Bonchev–Trinajstić information content (AvgIpc) is 2.63. The summed E-state index contributed by atoms with van der Waals surface area (Å²) < 4.78 is 10.2. The van der Waals surface area contributed by atoms with E-state index in [2.05, 4.69) is 23.8 Å². The molecule has 1 rings (SSSR count). The van der Waals surface area contributed by atoms with Gasteiger partial charge in [-0.1, -0.05) is 12.2 Å². The highest BCUT2D eigenvalue weighted by atomic mass is 16.6. The second-order valence-electron chi connectivity index (χ2n) is 5.67. The zero-order valence-corrected chi connectivity index (χ0v) is 15.2. The van der Waals surface area contributed by atoms with Crippen LogP contribution in [-0.4, -0.2) is 25.4 Å². The molecule has 0 aliphatic rings. The van der Waals surface area contributed by atoms with Gasteiger partial charge in [0, 0.05) is 11.4 Å². The van der Waals surface area contributed by atoms with Gasteiger partial charge in [-0.25, -0.2) is 9.59 Å². The maximum absolute atomic E-state index is 11.7. The largest absolute Gasteiger partial charge is 0.449 e. The molecule has 2 N–H and O–H groups in total. The fourth-order valence-corrected chi connectivity index (χ4v) is 2.06. The number of rotatable bonds is 12. The van der Waals surface area contributed by atoms with Crippen LogP contribution in [0.2, 0.25) is 0 Å². The van der Waals surface area contributed by atoms with E-state index in [4.69, 9.17) is 9.47 Å². The van der Waals surface area contributed by atoms with Crippen LogP contribution in [0.5, 0.6) is 0 Å². The number of allylic oxidation sites excluding steroid dienone is 2. The van der Waals surface area contributed by atoms with Gasteiger partial charge in [0.2, 0.25) is 0 Å². The fourth-order valence-electron chi connectivity index (χ4n) is 2.06. The number of hydrogen-bond donors (Lipinski definition) is 2. The molecule has 0 saturated heterocycles. The molecule has 0 fully saturated rings. The molecular formula is C20H28N2O4. The number of hydrogen-bond acceptors (Lipinski definition) is 4. The van der Waals surface area contributed by atoms with E-state index < -0.39 is 12.2 Å². The molecule has 0 bridgehead atoms. The number of carbonyl (C=O) groups excluding carboxylic acids is 2. The Morgan fingerprint density at radius 2 is 1.15 bits per heavy atom. The van der Waals surface area contributed by atoms with Crippen LogP contribution in [0.15, 0.2) is 49.6 Å². The molecule has 0 saturated carbocycles. The summed E-state index contributed by atoms with van der Waals surface area (Å²) in [4.78, 5) is 23.3. The van der Waals surface area contributed by atoms with Crippen LogP contribution in [0, 0.1) is 0 Å². The molecule has 0 radical (unpaired) electrons. The molecule has 26 heavy (non-hydrogen) atoms. The van der Waals surface area contributed by atoms with Gasteiger partial charge in [-0.15, -0.1) is 13.2 Å². The van der Waals surface area contributed by atoms with Gasteiger partial charge in [-0.05, 0) is 62.8 Å². The predicted molar refractivity (Wildman–Crippen MR) is 104 cm³/mol. The Kier molecular flexibility index (Phi) is 11.1. The minimum absolute atomic E-state index is 0.373. The molecule has 0 aliphatic carbocycles. The second kappa shape index (κ2) is 13.5. The van der Waals surface area contributed by atoms with E-state index in [1.807, 2.05) is 12.2 Å². The predicted octanol–water partition coefficient (Wildman–Crippen LogP) is 5.50. The van der Waals surface area contributed by atoms with Crippen LogP contribution in [0.4, 0.5) is 21.0 Å². The minimum Gasteiger partial charge on any atom is -0.449 e. The summed E-state index contributed by atoms with van der Waals surface area (Å²) in [7, 11) is 0. The SMILES string of the molecule is C=CCCCCOC(=O)Nc1ccc(NC(=O)OCCCCC=C)cc1. The lowest BCUT2D eigenvalue weighted by molar-refractivity contribution is 0.158. The van der Waals surface area contributed by atoms with Gasteiger partial charge in [0.1, 0.15) is 0 Å². The molecule has 6 nitrogen and oxygen atoms in total. The Morgan fingerprint density at radius 3 is 1.50 bits per heavy atom. The van der Waals surface area contributed by atoms with Gasteiger partial charge in [0.25, 0.3) is 0 Å². The molecule has 0 atom stereocenters. The number of benzene rings is 1. The summed E-state index contributed by atoms with van der Waals surface area (Å²) in [6.07, 6.45) is 8.02. The number of carbonyl (C=O) groups is 2. The number of amides is 2. The Labute approximate surface area is 155 Å². The van der Waals surface area contributed by atoms with Gasteiger partial charge >= 0.3 is 12.2 Å². The lowest BCUT2D eigenvalue weighted by Gasteiger charge is -2.09. The van der Waals surface area contributed by atoms with Gasteiger partial charge in [-0.3, -0.25) is 10.6 Å². The third-order valence-corrected chi connectivity index (χ3v) is 3.45. The lowest BCUT2D eigenvalue weighted by Crippen LogP contribution is -2.15. The monoisotopic (exact) mass is 360 g/mol. The number of nitrogens with one attached hydrogen (secondary N) is 2. The summed E-state index contributed by atoms with van der Waals surface area (Å²) in [5.74, 6) is 0. The molecule has 0 aromatic heterocycles. The van der Waals surface area contributed by atoms with Crippen molar-refractivity contribution < 1.29 is 19.1 Å². The molecule has 1 aromatic carbocycles. The van der Waals surface area contributed by atoms with E-state index in [9.17, 15) is 9.59 Å². The molecular weight excluding hydrogens is 332 g/mol. The summed E-state index contributed by atoms with van der Waals surface area (Å²) in [5.41, 5.74) is 1.17. The van der Waals surface area contributed by atoms with Crippen LogP contribution in [0.3, 0.4) is 0 Å². The molecule has 142 valence electrons. The Morgan fingerprint density at radius 1 is 0.769 bits per heavy atom. The highest BCUT2D eigenvalue weighted by Crippen LogP contribution is 2.14. The molecule has 0 aliphatic heterocycles. The lowest BCUT2D eigenvalue weighted by atomic mass is 10.2. The van der Waals surface area contributed by atoms with Crippen molar-refractivity contribution in [3.63, 3.8) is 0 Å². The van der Waals surface area contributed by atoms with Gasteiger partial charge in [0.15, 0.2) is 0 Å². The van der Waals surface area contributed by atoms with E-state index >= 15 is 0 Å². The van der Waals surface area contributed by atoms with Crippen molar-refractivity contribution in [3.8, 4) is 0 Å². The van der Waals surface area contributed by atoms with Crippen molar-refractivity contribution in [3.05, 3.63) is 49.6 Å². The van der Waals surface area contributed by atoms with Gasteiger partial charge in [-0.2, -0.15) is 0 Å². The van der Waals surface area contributed by atoms with Crippen LogP contribution >= 0.6 is 0 Å². The molecule has 0 unspecified atom stereocenters. The first kappa shape index (κ1) is 21.3. The summed E-state index contributed by atoms with van der Waals surface area (Å²) in [6.45, 7) is 8.03. The van der Waals surface area contributed by atoms with E-state index in [0.717, 1.165) is 38.5 Å². The molecule has 2 amide bonds. The fraction of sp³-hybridized carbons (Fsp3) is 0.400. The van der Waals surface area contributed by atoms with Crippen LogP contribution in [-0.2, 0) is 9.47 Å². The minimum atomic E-state index is -0.497. The molecule has 1 aromatic rings. The Balaban J connectivity index is 2.25. The zero-order chi connectivity index (χ0) is 19.0. The zero-order valence-electron chi connectivity index (χ0n) is 15.2. The first-order chi connectivity index (χ1) is 12.7. The highest BCUT2D eigenvalue weighted by molar-refractivity contribution is 5.87. The van der Waals surface area contributed by atoms with E-state index in [0.29, 0.717) is 24.6 Å². The van der Waals surface area contributed by atoms with E-state index in [1.54, 1.807) is 24.3 Å². The first-order valence-corrected chi connectivity index (χ1v) is 8.85. The third-order valence-electron chi connectivity index (χ3n) is 3.45. The van der Waals surface area contributed by atoms with Crippen molar-refractivity contribution in [2.24, 2.45) is 0 Å². The van der Waals surface area contributed by atoms with Crippen molar-refractivity contribution in [1.29, 1.82) is 0 Å². The van der Waals surface area contributed by atoms with Crippen molar-refractivity contribution in [1.82, 2.24) is 0 Å². The quantitative estimate of drug-likeness (QED) is 0.381. The standard InChI is InChI=1S/C20H28N2O4/c1-3-5-7-9-15-25-19(23)21-17-11-13-18(14-12-17)22-20(24)26-16-10-8-6-4-2/h3-4,11-14H,1-2,5-10,15-16H2,(H,21,23)(H,22,24). The van der Waals surface area contributed by atoms with E-state index in [1.165, 1.54) is 0 Å². The van der Waals surface area contributed by atoms with Crippen molar-refractivity contribution in [2.45, 2.75) is 38.5 Å². The topological polar surface area (TPSA) is 76.7 Å². The van der Waals surface area contributed by atoms with E-state index in [-0.39, 0.29) is 0 Å². The maximum Gasteiger partial charge on any atom is 0.411 e. The Bertz CT molecular complexity index is 519. The number of anilines is 2. The van der Waals surface area contributed by atoms with Crippen molar-refractivity contribution in [2.75, 3.05) is 23.8 Å². The molecule has 0 spiro atoms. The van der Waals surface area contributed by atoms with Crippen LogP contribution < -0.4 is 10.6 Å². The van der Waals surface area contributed by atoms with Crippen LogP contribution in [0.1, 0.15) is 38.5 Å². The average molecular weight is 360 g/mol. The summed E-state index contributed by atoms with van der Waals surface area (Å²) in [6, 6.07) is 6.72. The Hall–Kier alpha value is -2.76. The summed E-state index contributed by atoms with van der Waals surface area (Å²) in [5, 5.41) is 5.27. The summed E-state index contributed by atoms with van der Waals surface area (Å²) >= 11 is 0. The normalized spacial score (nSPS) is 9.85. The first-order valence-electron chi connectivity index (χ1n) is 8.85. The number of ether oxygens (including phenoxy) is 2.